The number of anilines is 1. The highest BCUT2D eigenvalue weighted by Gasteiger charge is 2.30. The fraction of sp³-hybridized carbons (Fsp3) is 0.136. The van der Waals surface area contributed by atoms with Gasteiger partial charge in [0.05, 0.1) is 24.6 Å². The van der Waals surface area contributed by atoms with Crippen LogP contribution in [0.4, 0.5) is 5.69 Å². The maximum absolute atomic E-state index is 6.22. The van der Waals surface area contributed by atoms with Gasteiger partial charge in [-0.05, 0) is 53.6 Å². The van der Waals surface area contributed by atoms with Gasteiger partial charge in [-0.25, -0.2) is 0 Å². The Bertz CT molecular complexity index is 968. The van der Waals surface area contributed by atoms with E-state index in [1.165, 1.54) is 5.56 Å². The van der Waals surface area contributed by atoms with E-state index in [-0.39, 0.29) is 6.04 Å². The maximum Gasteiger partial charge on any atom is 0.118 e. The third-order valence-electron chi connectivity index (χ3n) is 4.66. The van der Waals surface area contributed by atoms with Crippen molar-refractivity contribution in [3.63, 3.8) is 0 Å². The third kappa shape index (κ3) is 3.80. The summed E-state index contributed by atoms with van der Waals surface area (Å²) in [5, 5.41) is 8.37. The molecule has 3 aromatic rings. The molecule has 0 radical (unpaired) electrons. The van der Waals surface area contributed by atoms with Crippen LogP contribution in [0.2, 0.25) is 10.0 Å². The number of benzene rings is 3. The van der Waals surface area contributed by atoms with Gasteiger partial charge in [0.25, 0.3) is 0 Å². The molecule has 3 nitrogen and oxygen atoms in total. The molecule has 0 bridgehead atoms. The second kappa shape index (κ2) is 7.63. The highest BCUT2D eigenvalue weighted by atomic mass is 35.5. The van der Waals surface area contributed by atoms with Crippen molar-refractivity contribution in [2.24, 2.45) is 5.10 Å². The van der Waals surface area contributed by atoms with E-state index in [2.05, 4.69) is 12.1 Å². The summed E-state index contributed by atoms with van der Waals surface area (Å²) in [4.78, 5) is 0. The minimum absolute atomic E-state index is 0.0834. The van der Waals surface area contributed by atoms with Crippen molar-refractivity contribution < 1.29 is 4.74 Å². The number of hydrogen-bond donors (Lipinski definition) is 0. The Hall–Kier alpha value is -2.49. The number of methoxy groups -OCH3 is 1. The van der Waals surface area contributed by atoms with Crippen LogP contribution in [0.25, 0.3) is 0 Å². The van der Waals surface area contributed by atoms with Gasteiger partial charge < -0.3 is 4.74 Å². The van der Waals surface area contributed by atoms with Crippen LogP contribution in [-0.4, -0.2) is 12.8 Å². The van der Waals surface area contributed by atoms with Crippen LogP contribution in [0.15, 0.2) is 77.9 Å². The molecule has 0 saturated carbocycles. The number of ether oxygens (including phenoxy) is 1. The summed E-state index contributed by atoms with van der Waals surface area (Å²) in [5.74, 6) is 0.838. The summed E-state index contributed by atoms with van der Waals surface area (Å²) in [5.41, 5.74) is 4.23. The first-order chi connectivity index (χ1) is 13.1. The molecule has 0 aromatic heterocycles. The van der Waals surface area contributed by atoms with Crippen LogP contribution in [0, 0.1) is 0 Å². The molecule has 0 saturated heterocycles. The number of halogens is 2. The maximum atomic E-state index is 6.22. The first-order valence-electron chi connectivity index (χ1n) is 8.66. The molecule has 1 aliphatic heterocycles. The van der Waals surface area contributed by atoms with E-state index in [0.29, 0.717) is 5.02 Å². The van der Waals surface area contributed by atoms with E-state index in [4.69, 9.17) is 33.0 Å². The normalized spacial score (nSPS) is 16.3. The van der Waals surface area contributed by atoms with Crippen LogP contribution in [0.5, 0.6) is 5.75 Å². The predicted molar refractivity (Wildman–Crippen MR) is 112 cm³/mol. The van der Waals surface area contributed by atoms with Crippen molar-refractivity contribution in [2.75, 3.05) is 12.1 Å². The van der Waals surface area contributed by atoms with Gasteiger partial charge in [0.2, 0.25) is 0 Å². The van der Waals surface area contributed by atoms with Crippen LogP contribution in [-0.2, 0) is 0 Å². The summed E-state index contributed by atoms with van der Waals surface area (Å²) < 4.78 is 5.29. The Balaban J connectivity index is 1.73. The Labute approximate surface area is 168 Å². The molecule has 136 valence electrons. The van der Waals surface area contributed by atoms with Crippen LogP contribution in [0.3, 0.4) is 0 Å². The highest BCUT2D eigenvalue weighted by molar-refractivity contribution is 6.31. The minimum Gasteiger partial charge on any atom is -0.497 e. The molecule has 1 aliphatic rings. The van der Waals surface area contributed by atoms with Gasteiger partial charge in [-0.3, -0.25) is 5.01 Å². The fourth-order valence-electron chi connectivity index (χ4n) is 3.27. The number of hydrazone groups is 1. The summed E-state index contributed by atoms with van der Waals surface area (Å²) in [7, 11) is 1.67. The number of rotatable bonds is 4. The molecule has 1 unspecified atom stereocenters. The molecule has 0 fully saturated rings. The lowest BCUT2D eigenvalue weighted by molar-refractivity contribution is 0.414. The van der Waals surface area contributed by atoms with Gasteiger partial charge in [0, 0.05) is 16.5 Å². The molecular formula is C22H18Cl2N2O. The lowest BCUT2D eigenvalue weighted by atomic mass is 9.98. The summed E-state index contributed by atoms with van der Waals surface area (Å²) in [6.45, 7) is 0. The van der Waals surface area contributed by atoms with Crippen molar-refractivity contribution >= 4 is 34.6 Å². The molecule has 0 aliphatic carbocycles. The topological polar surface area (TPSA) is 24.8 Å². The molecular weight excluding hydrogens is 379 g/mol. The molecule has 0 spiro atoms. The van der Waals surface area contributed by atoms with Crippen LogP contribution >= 0.6 is 23.2 Å². The Morgan fingerprint density at radius 3 is 2.33 bits per heavy atom. The lowest BCUT2D eigenvalue weighted by Gasteiger charge is -2.24. The lowest BCUT2D eigenvalue weighted by Crippen LogP contribution is -2.18. The zero-order valence-corrected chi connectivity index (χ0v) is 16.3. The van der Waals surface area contributed by atoms with Gasteiger partial charge in [-0.2, -0.15) is 5.10 Å². The third-order valence-corrected chi connectivity index (χ3v) is 5.15. The van der Waals surface area contributed by atoms with Gasteiger partial charge in [0.1, 0.15) is 5.75 Å². The zero-order chi connectivity index (χ0) is 18.8. The molecule has 5 heteroatoms. The summed E-state index contributed by atoms with van der Waals surface area (Å²) in [6, 6.07) is 23.8. The molecule has 0 N–H and O–H groups in total. The van der Waals surface area contributed by atoms with E-state index < -0.39 is 0 Å². The van der Waals surface area contributed by atoms with E-state index >= 15 is 0 Å². The Morgan fingerprint density at radius 2 is 1.67 bits per heavy atom. The van der Waals surface area contributed by atoms with Crippen molar-refractivity contribution in [2.45, 2.75) is 12.5 Å². The van der Waals surface area contributed by atoms with Crippen molar-refractivity contribution in [3.8, 4) is 5.75 Å². The standard InChI is InChI=1S/C22H18Cl2N2O/c1-27-20-11-7-16(8-12-20)22-14-21(15-5-9-17(23)10-6-15)25-26(22)19-4-2-3-18(24)13-19/h2-13,22H,14H2,1H3. The fourth-order valence-corrected chi connectivity index (χ4v) is 3.58. The highest BCUT2D eigenvalue weighted by Crippen LogP contribution is 2.38. The largest absolute Gasteiger partial charge is 0.497 e. The second-order valence-electron chi connectivity index (χ2n) is 6.37. The smallest absolute Gasteiger partial charge is 0.118 e. The predicted octanol–water partition coefficient (Wildman–Crippen LogP) is 6.36. The second-order valence-corrected chi connectivity index (χ2v) is 7.24. The van der Waals surface area contributed by atoms with E-state index in [1.54, 1.807) is 7.11 Å². The SMILES string of the molecule is COc1ccc(C2CC(c3ccc(Cl)cc3)=NN2c2cccc(Cl)c2)cc1. The molecule has 3 aromatic carbocycles. The van der Waals surface area contributed by atoms with E-state index in [0.717, 1.165) is 34.2 Å². The Morgan fingerprint density at radius 1 is 0.926 bits per heavy atom. The summed E-state index contributed by atoms with van der Waals surface area (Å²) >= 11 is 12.3. The minimum atomic E-state index is 0.0834. The summed E-state index contributed by atoms with van der Waals surface area (Å²) in [6.07, 6.45) is 0.792. The number of hydrogen-bond acceptors (Lipinski definition) is 3. The van der Waals surface area contributed by atoms with Gasteiger partial charge in [0.15, 0.2) is 0 Å². The van der Waals surface area contributed by atoms with Gasteiger partial charge >= 0.3 is 0 Å². The zero-order valence-electron chi connectivity index (χ0n) is 14.8. The molecule has 27 heavy (non-hydrogen) atoms. The van der Waals surface area contributed by atoms with Gasteiger partial charge in [-0.1, -0.05) is 53.5 Å². The van der Waals surface area contributed by atoms with Crippen LogP contribution < -0.4 is 9.75 Å². The quantitative estimate of drug-likeness (QED) is 0.512. The van der Waals surface area contributed by atoms with Crippen LogP contribution in [0.1, 0.15) is 23.6 Å². The van der Waals surface area contributed by atoms with E-state index in [1.807, 2.05) is 65.7 Å². The molecule has 0 amide bonds. The molecule has 1 atom stereocenters. The number of nitrogens with zero attached hydrogens (tertiary/aromatic N) is 2. The van der Waals surface area contributed by atoms with E-state index in [9.17, 15) is 0 Å². The van der Waals surface area contributed by atoms with Crippen molar-refractivity contribution in [3.05, 3.63) is 94.0 Å². The van der Waals surface area contributed by atoms with Gasteiger partial charge in [-0.15, -0.1) is 0 Å². The monoisotopic (exact) mass is 396 g/mol. The molecule has 4 rings (SSSR count). The van der Waals surface area contributed by atoms with Crippen molar-refractivity contribution in [1.82, 2.24) is 0 Å². The first kappa shape index (κ1) is 17.9. The average Bonchev–Trinajstić information content (AvgIpc) is 3.14. The first-order valence-corrected chi connectivity index (χ1v) is 9.42. The molecule has 1 heterocycles. The Kier molecular flexibility index (Phi) is 5.06. The average molecular weight is 397 g/mol. The van der Waals surface area contributed by atoms with Crippen molar-refractivity contribution in [1.29, 1.82) is 0 Å².